The zero-order chi connectivity index (χ0) is 26.2. The molecule has 9 rings (SSSR count). The second-order valence-corrected chi connectivity index (χ2v) is 9.79. The van der Waals surface area contributed by atoms with Gasteiger partial charge in [-0.2, -0.15) is 0 Å². The third kappa shape index (κ3) is 4.37. The zero-order valence-electron chi connectivity index (χ0n) is 22.2. The van der Waals surface area contributed by atoms with Gasteiger partial charge in [-0.25, -0.2) is 29.9 Å². The Labute approximate surface area is 267 Å². The number of rotatable bonds is 0. The Bertz CT molecular complexity index is 2050. The summed E-state index contributed by atoms with van der Waals surface area (Å²) in [7, 11) is 0. The van der Waals surface area contributed by atoms with Crippen molar-refractivity contribution in [1.82, 2.24) is 39.9 Å². The molecular formula is C32H18Cl2GeN8. The number of hydrogen-bond donors (Lipinski definition) is 2. The first kappa shape index (κ1) is 28.5. The molecule has 2 N–H and O–H groups in total. The minimum atomic E-state index is 0. The number of fused-ring (bicyclic) bond motifs is 20. The summed E-state index contributed by atoms with van der Waals surface area (Å²) in [5.41, 5.74) is 6.45. The molecule has 0 amide bonds. The number of benzene rings is 4. The van der Waals surface area contributed by atoms with E-state index in [-0.39, 0.29) is 42.4 Å². The van der Waals surface area contributed by atoms with Gasteiger partial charge in [0.25, 0.3) is 0 Å². The number of hydrogen-bond acceptors (Lipinski definition) is 6. The maximum atomic E-state index is 5.02. The summed E-state index contributed by atoms with van der Waals surface area (Å²) in [5.74, 6) is 2.39. The van der Waals surface area contributed by atoms with E-state index in [0.29, 0.717) is 45.9 Å². The van der Waals surface area contributed by atoms with E-state index in [1.807, 2.05) is 97.1 Å². The molecule has 2 radical (unpaired) electrons. The summed E-state index contributed by atoms with van der Waals surface area (Å²) in [6, 6.07) is 32.2. The van der Waals surface area contributed by atoms with E-state index in [1.165, 1.54) is 0 Å². The van der Waals surface area contributed by atoms with Crippen molar-refractivity contribution in [3.63, 3.8) is 0 Å². The van der Waals surface area contributed by atoms with E-state index >= 15 is 0 Å². The maximum Gasteiger partial charge on any atom is 2.00 e. The standard InChI is InChI=1S/C32H18N8.2ClH.Ge/c1-2-10-18-17(9-1)25-33-26(18)38-28-21-13-5-6-14-22(21)30(35-28)40-32-24-16-8-7-15-23(24)31(36-32)39-29-20-12-4-3-11-19(20)27(34-29)37-25;;;/h1-16H,(H2,33,34,35,36,37,38,39,40);2*1H;/q;;;+2/p-2. The van der Waals surface area contributed by atoms with Crippen molar-refractivity contribution < 1.29 is 24.8 Å². The van der Waals surface area contributed by atoms with Crippen LogP contribution in [0.5, 0.6) is 0 Å². The van der Waals surface area contributed by atoms with Gasteiger partial charge in [-0.3, -0.25) is 0 Å². The molecule has 5 heterocycles. The van der Waals surface area contributed by atoms with Crippen molar-refractivity contribution in [3.05, 3.63) is 97.1 Å². The molecule has 2 aliphatic heterocycles. The summed E-state index contributed by atoms with van der Waals surface area (Å²) < 4.78 is 0. The average Bonchev–Trinajstić information content (AvgIpc) is 3.73. The number of nitrogens with one attached hydrogen (secondary N) is 2. The number of aromatic amines is 2. The number of nitrogens with zero attached hydrogens (tertiary/aromatic N) is 6. The van der Waals surface area contributed by atoms with E-state index in [2.05, 4.69) is 9.97 Å². The maximum absolute atomic E-state index is 5.02. The molecule has 0 spiro atoms. The van der Waals surface area contributed by atoms with Gasteiger partial charge in [-0.15, -0.1) is 0 Å². The van der Waals surface area contributed by atoms with Crippen molar-refractivity contribution in [2.45, 2.75) is 0 Å². The van der Waals surface area contributed by atoms with Crippen LogP contribution in [-0.4, -0.2) is 57.5 Å². The van der Waals surface area contributed by atoms with Crippen molar-refractivity contribution in [1.29, 1.82) is 0 Å². The zero-order valence-corrected chi connectivity index (χ0v) is 25.8. The van der Waals surface area contributed by atoms with Crippen LogP contribution >= 0.6 is 0 Å². The predicted octanol–water partition coefficient (Wildman–Crippen LogP) is 0.496. The molecule has 7 aromatic rings. The molecule has 43 heavy (non-hydrogen) atoms. The van der Waals surface area contributed by atoms with Crippen molar-refractivity contribution in [3.8, 4) is 45.6 Å². The van der Waals surface area contributed by atoms with Crippen molar-refractivity contribution in [2.24, 2.45) is 0 Å². The topological polar surface area (TPSA) is 109 Å². The van der Waals surface area contributed by atoms with Crippen molar-refractivity contribution in [2.75, 3.05) is 0 Å². The fourth-order valence-electron chi connectivity index (χ4n) is 5.59. The molecule has 4 aromatic carbocycles. The SMILES string of the molecule is [Cl-].[Cl-].[Ge+2].c1ccc2c(c1)-c1nc-2nc2[nH]c(nc3nc(nc4[nH]c(n1)c1ccccc41)-c1ccccc1-3)c1ccccc21. The minimum Gasteiger partial charge on any atom is -1.00 e. The number of aromatic nitrogens is 8. The third-order valence-electron chi connectivity index (χ3n) is 7.46. The molecule has 11 heteroatoms. The molecule has 8 bridgehead atoms. The van der Waals surface area contributed by atoms with Crippen LogP contribution in [0, 0.1) is 0 Å². The van der Waals surface area contributed by atoms with Crippen LogP contribution in [0.4, 0.5) is 0 Å². The Balaban J connectivity index is 0.00000110. The quantitative estimate of drug-likeness (QED) is 0.230. The first-order valence-electron chi connectivity index (χ1n) is 13.0. The molecule has 0 fully saturated rings. The van der Waals surface area contributed by atoms with Crippen LogP contribution in [0.2, 0.25) is 0 Å². The summed E-state index contributed by atoms with van der Waals surface area (Å²) in [6.07, 6.45) is 0. The molecule has 204 valence electrons. The van der Waals surface area contributed by atoms with E-state index in [0.717, 1.165) is 43.8 Å². The van der Waals surface area contributed by atoms with Gasteiger partial charge in [0.1, 0.15) is 22.6 Å². The molecular weight excluding hydrogens is 640 g/mol. The van der Waals surface area contributed by atoms with Crippen LogP contribution in [0.15, 0.2) is 97.1 Å². The summed E-state index contributed by atoms with van der Waals surface area (Å²) in [5, 5.41) is 3.82. The minimum absolute atomic E-state index is 0. The summed E-state index contributed by atoms with van der Waals surface area (Å²) in [4.78, 5) is 36.8. The number of H-pyrrole nitrogens is 2. The molecule has 0 saturated carbocycles. The van der Waals surface area contributed by atoms with Crippen molar-refractivity contribution >= 4 is 61.7 Å². The Hall–Kier alpha value is -4.64. The molecule has 0 aliphatic carbocycles. The Morgan fingerprint density at radius 2 is 0.558 bits per heavy atom. The second kappa shape index (κ2) is 10.9. The first-order chi connectivity index (χ1) is 19.8. The molecule has 0 saturated heterocycles. The van der Waals surface area contributed by atoms with Gasteiger partial charge < -0.3 is 34.8 Å². The molecule has 3 aromatic heterocycles. The average molecular weight is 658 g/mol. The van der Waals surface area contributed by atoms with Crippen LogP contribution in [0.3, 0.4) is 0 Å². The first-order valence-corrected chi connectivity index (χ1v) is 13.0. The Morgan fingerprint density at radius 1 is 0.326 bits per heavy atom. The van der Waals surface area contributed by atoms with E-state index < -0.39 is 0 Å². The summed E-state index contributed by atoms with van der Waals surface area (Å²) in [6.45, 7) is 0. The third-order valence-corrected chi connectivity index (χ3v) is 7.46. The largest absolute Gasteiger partial charge is 2.00 e. The van der Waals surface area contributed by atoms with Gasteiger partial charge in [0.05, 0.1) is 0 Å². The summed E-state index contributed by atoms with van der Waals surface area (Å²) >= 11 is 0. The van der Waals surface area contributed by atoms with E-state index in [9.17, 15) is 0 Å². The Kier molecular flexibility index (Phi) is 7.21. The van der Waals surface area contributed by atoms with E-state index in [4.69, 9.17) is 29.9 Å². The van der Waals surface area contributed by atoms with Crippen LogP contribution in [-0.2, 0) is 0 Å². The predicted molar refractivity (Wildman–Crippen MR) is 162 cm³/mol. The van der Waals surface area contributed by atoms with Crippen LogP contribution in [0.25, 0.3) is 89.7 Å². The second-order valence-electron chi connectivity index (χ2n) is 9.79. The molecule has 8 nitrogen and oxygen atoms in total. The van der Waals surface area contributed by atoms with Gasteiger partial charge in [0, 0.05) is 43.8 Å². The Morgan fingerprint density at radius 3 is 0.814 bits per heavy atom. The van der Waals surface area contributed by atoms with Gasteiger partial charge in [0.2, 0.25) is 0 Å². The fraction of sp³-hybridized carbons (Fsp3) is 0. The van der Waals surface area contributed by atoms with Crippen LogP contribution < -0.4 is 24.8 Å². The number of halogens is 2. The van der Waals surface area contributed by atoms with Crippen LogP contribution in [0.1, 0.15) is 0 Å². The van der Waals surface area contributed by atoms with Gasteiger partial charge >= 0.3 is 17.6 Å². The smallest absolute Gasteiger partial charge is 1.00 e. The molecule has 2 aliphatic rings. The van der Waals surface area contributed by atoms with E-state index in [1.54, 1.807) is 0 Å². The molecule has 0 unspecified atom stereocenters. The van der Waals surface area contributed by atoms with Gasteiger partial charge in [0.15, 0.2) is 23.3 Å². The molecule has 0 atom stereocenters. The van der Waals surface area contributed by atoms with Gasteiger partial charge in [-0.05, 0) is 0 Å². The normalized spacial score (nSPS) is 11.2. The fourth-order valence-corrected chi connectivity index (χ4v) is 5.59. The van der Waals surface area contributed by atoms with Gasteiger partial charge in [-0.1, -0.05) is 97.1 Å². The monoisotopic (exact) mass is 658 g/mol.